The van der Waals surface area contributed by atoms with Gasteiger partial charge in [0.2, 0.25) is 5.43 Å². The van der Waals surface area contributed by atoms with Crippen LogP contribution in [0.2, 0.25) is 0 Å². The number of hydrogen-bond acceptors (Lipinski definition) is 7. The number of aromatic nitrogens is 4. The largest absolute Gasteiger partial charge is 0.352 e. The first-order valence-corrected chi connectivity index (χ1v) is 11.0. The van der Waals surface area contributed by atoms with Crippen LogP contribution in [0, 0.1) is 12.7 Å². The Morgan fingerprint density at radius 3 is 2.66 bits per heavy atom. The van der Waals surface area contributed by atoms with Crippen LogP contribution in [0.1, 0.15) is 16.2 Å². The average Bonchev–Trinajstić information content (AvgIpc) is 3.29. The molecule has 32 heavy (non-hydrogen) atoms. The third-order valence-corrected chi connectivity index (χ3v) is 6.32. The number of amides is 1. The van der Waals surface area contributed by atoms with Crippen molar-refractivity contribution in [2.45, 2.75) is 6.92 Å². The Morgan fingerprint density at radius 1 is 1.09 bits per heavy atom. The van der Waals surface area contributed by atoms with Crippen molar-refractivity contribution in [3.05, 3.63) is 75.5 Å². The first-order valence-electron chi connectivity index (χ1n) is 10.1. The van der Waals surface area contributed by atoms with Crippen LogP contribution in [0.25, 0.3) is 15.9 Å². The Morgan fingerprint density at radius 2 is 1.88 bits per heavy atom. The van der Waals surface area contributed by atoms with Crippen molar-refractivity contribution >= 4 is 33.3 Å². The van der Waals surface area contributed by atoms with Gasteiger partial charge in [-0.1, -0.05) is 12.1 Å². The fourth-order valence-electron chi connectivity index (χ4n) is 3.86. The molecule has 8 nitrogen and oxygen atoms in total. The predicted molar refractivity (Wildman–Crippen MR) is 120 cm³/mol. The molecule has 5 rings (SSSR count). The van der Waals surface area contributed by atoms with E-state index in [9.17, 15) is 14.0 Å². The topological polar surface area (TPSA) is 84.2 Å². The van der Waals surface area contributed by atoms with E-state index in [0.29, 0.717) is 31.9 Å². The normalized spacial score (nSPS) is 14.2. The van der Waals surface area contributed by atoms with Crippen LogP contribution in [0.5, 0.6) is 0 Å². The molecule has 1 aliphatic rings. The van der Waals surface area contributed by atoms with Crippen LogP contribution in [-0.4, -0.2) is 56.7 Å². The molecule has 0 radical (unpaired) electrons. The van der Waals surface area contributed by atoms with Gasteiger partial charge in [-0.2, -0.15) is 5.10 Å². The van der Waals surface area contributed by atoms with E-state index in [0.717, 1.165) is 16.0 Å². The number of para-hydroxylation sites is 1. The Labute approximate surface area is 186 Å². The molecule has 0 N–H and O–H groups in total. The number of nitrogens with zero attached hydrogens (tertiary/aromatic N) is 6. The number of benzene rings is 1. The average molecular weight is 450 g/mol. The predicted octanol–water partition coefficient (Wildman–Crippen LogP) is 2.65. The van der Waals surface area contributed by atoms with Crippen molar-refractivity contribution in [2.24, 2.45) is 0 Å². The van der Waals surface area contributed by atoms with Crippen molar-refractivity contribution in [2.75, 3.05) is 31.1 Å². The lowest BCUT2D eigenvalue weighted by Gasteiger charge is -2.35. The van der Waals surface area contributed by atoms with Crippen molar-refractivity contribution in [3.63, 3.8) is 0 Å². The Kier molecular flexibility index (Phi) is 5.14. The van der Waals surface area contributed by atoms with Crippen LogP contribution in [0.4, 0.5) is 10.2 Å². The van der Waals surface area contributed by atoms with Crippen LogP contribution in [0.3, 0.4) is 0 Å². The molecule has 0 aliphatic carbocycles. The molecular weight excluding hydrogens is 431 g/mol. The molecule has 0 bridgehead atoms. The molecule has 1 aliphatic heterocycles. The maximum absolute atomic E-state index is 14.3. The van der Waals surface area contributed by atoms with Gasteiger partial charge in [0.25, 0.3) is 5.91 Å². The van der Waals surface area contributed by atoms with E-state index in [1.165, 1.54) is 16.8 Å². The quantitative estimate of drug-likeness (QED) is 0.477. The van der Waals surface area contributed by atoms with Gasteiger partial charge in [-0.05, 0) is 30.5 Å². The molecule has 4 aromatic rings. The summed E-state index contributed by atoms with van der Waals surface area (Å²) in [5.74, 6) is -0.0924. The van der Waals surface area contributed by atoms with Gasteiger partial charge < -0.3 is 9.80 Å². The number of fused-ring (bicyclic) bond motifs is 1. The third-order valence-electron chi connectivity index (χ3n) is 5.50. The molecule has 1 aromatic carbocycles. The number of carbonyl (C=O) groups is 1. The molecule has 0 atom stereocenters. The summed E-state index contributed by atoms with van der Waals surface area (Å²) in [5.41, 5.74) is -0.0507. The monoisotopic (exact) mass is 450 g/mol. The summed E-state index contributed by atoms with van der Waals surface area (Å²) >= 11 is 1.56. The zero-order chi connectivity index (χ0) is 22.2. The minimum atomic E-state index is -0.483. The van der Waals surface area contributed by atoms with Crippen molar-refractivity contribution in [3.8, 4) is 5.69 Å². The zero-order valence-electron chi connectivity index (χ0n) is 17.2. The number of rotatable bonds is 3. The minimum Gasteiger partial charge on any atom is -0.352 e. The Balaban J connectivity index is 1.39. The molecule has 0 spiro atoms. The number of anilines is 1. The van der Waals surface area contributed by atoms with Gasteiger partial charge in [0.05, 0.1) is 5.39 Å². The van der Waals surface area contributed by atoms with E-state index >= 15 is 0 Å². The summed E-state index contributed by atoms with van der Waals surface area (Å²) in [5, 5.41) is 7.20. The molecule has 3 aromatic heterocycles. The van der Waals surface area contributed by atoms with Gasteiger partial charge in [0, 0.05) is 37.9 Å². The second kappa shape index (κ2) is 8.12. The number of aryl methyl sites for hydroxylation is 1. The third kappa shape index (κ3) is 3.52. The molecular formula is C22H19FN6O2S. The van der Waals surface area contributed by atoms with E-state index in [2.05, 4.69) is 20.0 Å². The SMILES string of the molecule is Cc1cc(=O)c(C(=O)N2CCN(c3ncnc4sccc34)CC2)nn1-c1ccccc1F. The van der Waals surface area contributed by atoms with Crippen LogP contribution >= 0.6 is 11.3 Å². The van der Waals surface area contributed by atoms with Crippen LogP contribution in [0.15, 0.2) is 52.9 Å². The van der Waals surface area contributed by atoms with Gasteiger partial charge in [-0.3, -0.25) is 9.59 Å². The summed E-state index contributed by atoms with van der Waals surface area (Å²) in [6.07, 6.45) is 1.55. The van der Waals surface area contributed by atoms with Gasteiger partial charge in [-0.15, -0.1) is 11.3 Å². The van der Waals surface area contributed by atoms with Crippen molar-refractivity contribution in [1.29, 1.82) is 0 Å². The molecule has 1 fully saturated rings. The van der Waals surface area contributed by atoms with E-state index < -0.39 is 17.2 Å². The zero-order valence-corrected chi connectivity index (χ0v) is 18.0. The number of hydrogen-bond donors (Lipinski definition) is 0. The molecule has 0 unspecified atom stereocenters. The van der Waals surface area contributed by atoms with E-state index in [4.69, 9.17) is 0 Å². The molecule has 162 valence electrons. The minimum absolute atomic E-state index is 0.187. The van der Waals surface area contributed by atoms with Gasteiger partial charge >= 0.3 is 0 Å². The highest BCUT2D eigenvalue weighted by atomic mass is 32.1. The molecule has 1 amide bonds. The highest BCUT2D eigenvalue weighted by Crippen LogP contribution is 2.27. The van der Waals surface area contributed by atoms with Gasteiger partial charge in [0.1, 0.15) is 28.5 Å². The van der Waals surface area contributed by atoms with Gasteiger partial charge in [0.15, 0.2) is 5.69 Å². The fraction of sp³-hybridized carbons (Fsp3) is 0.227. The number of piperazine rings is 1. The number of halogens is 1. The van der Waals surface area contributed by atoms with E-state index in [1.54, 1.807) is 47.7 Å². The van der Waals surface area contributed by atoms with Crippen molar-refractivity contribution in [1.82, 2.24) is 24.6 Å². The summed E-state index contributed by atoms with van der Waals surface area (Å²) in [7, 11) is 0. The summed E-state index contributed by atoms with van der Waals surface area (Å²) in [6, 6.07) is 9.43. The van der Waals surface area contributed by atoms with E-state index in [1.807, 2.05) is 11.4 Å². The molecule has 0 saturated carbocycles. The summed E-state index contributed by atoms with van der Waals surface area (Å²) in [4.78, 5) is 39.0. The second-order valence-corrected chi connectivity index (χ2v) is 8.37. The van der Waals surface area contributed by atoms with E-state index in [-0.39, 0.29) is 11.4 Å². The van der Waals surface area contributed by atoms with Crippen LogP contribution in [-0.2, 0) is 0 Å². The smallest absolute Gasteiger partial charge is 0.278 e. The first kappa shape index (κ1) is 20.3. The van der Waals surface area contributed by atoms with Crippen LogP contribution < -0.4 is 10.3 Å². The lowest BCUT2D eigenvalue weighted by atomic mass is 10.2. The summed E-state index contributed by atoms with van der Waals surface area (Å²) < 4.78 is 15.6. The Bertz CT molecular complexity index is 1380. The first-order chi connectivity index (χ1) is 15.5. The number of thiophene rings is 1. The fourth-order valence-corrected chi connectivity index (χ4v) is 4.59. The molecule has 1 saturated heterocycles. The lowest BCUT2D eigenvalue weighted by Crippen LogP contribution is -2.50. The highest BCUT2D eigenvalue weighted by molar-refractivity contribution is 7.16. The maximum Gasteiger partial charge on any atom is 0.278 e. The maximum atomic E-state index is 14.3. The Hall–Kier alpha value is -3.66. The van der Waals surface area contributed by atoms with Crippen molar-refractivity contribution < 1.29 is 9.18 Å². The second-order valence-electron chi connectivity index (χ2n) is 7.48. The standard InChI is InChI=1S/C22H19FN6O2S/c1-14-12-18(30)19(26-29(14)17-5-3-2-4-16(17)23)22(31)28-9-7-27(8-10-28)20-15-6-11-32-21(15)25-13-24-20/h2-6,11-13H,7-10H2,1H3. The lowest BCUT2D eigenvalue weighted by molar-refractivity contribution is 0.0737. The van der Waals surface area contributed by atoms with Gasteiger partial charge in [-0.25, -0.2) is 19.0 Å². The summed E-state index contributed by atoms with van der Waals surface area (Å²) in [6.45, 7) is 3.63. The molecule has 4 heterocycles. The molecule has 10 heteroatoms. The number of carbonyl (C=O) groups excluding carboxylic acids is 1. The highest BCUT2D eigenvalue weighted by Gasteiger charge is 2.27.